The summed E-state index contributed by atoms with van der Waals surface area (Å²) in [5, 5.41) is 7.04. The van der Waals surface area contributed by atoms with Crippen molar-refractivity contribution in [3.05, 3.63) is 30.3 Å². The van der Waals surface area contributed by atoms with E-state index in [2.05, 4.69) is 50.9 Å². The third kappa shape index (κ3) is 5.64. The lowest BCUT2D eigenvalue weighted by molar-refractivity contribution is -0.119. The van der Waals surface area contributed by atoms with Gasteiger partial charge in [0, 0.05) is 42.4 Å². The van der Waals surface area contributed by atoms with Crippen molar-refractivity contribution in [2.45, 2.75) is 41.4 Å². The molecule has 1 heterocycles. The monoisotopic (exact) mass is 375 g/mol. The lowest BCUT2D eigenvalue weighted by Crippen LogP contribution is -2.50. The van der Waals surface area contributed by atoms with Gasteiger partial charge < -0.3 is 16.4 Å². The molecule has 4 N–H and O–H groups in total. The maximum Gasteiger partial charge on any atom is 0.231 e. The van der Waals surface area contributed by atoms with Gasteiger partial charge in [-0.25, -0.2) is 0 Å². The minimum absolute atomic E-state index is 0.250. The van der Waals surface area contributed by atoms with Crippen LogP contribution in [0.25, 0.3) is 0 Å². The summed E-state index contributed by atoms with van der Waals surface area (Å²) in [5.41, 5.74) is 5.27. The minimum atomic E-state index is -0.250. The van der Waals surface area contributed by atoms with Crippen molar-refractivity contribution >= 4 is 23.6 Å². The molecule has 0 radical (unpaired) electrons. The first kappa shape index (κ1) is 19.0. The summed E-state index contributed by atoms with van der Waals surface area (Å²) in [6.45, 7) is 3.07. The zero-order valence-corrected chi connectivity index (χ0v) is 16.2. The first-order chi connectivity index (χ1) is 12.6. The Labute approximate surface area is 160 Å². The molecule has 0 spiro atoms. The standard InChI is InChI=1S/C19H29N5OS/c1-21-18(23-15-7-11-24(12-8-15)13-17(20)25)22-14-19(9-10-19)26-16-5-3-2-4-6-16/h2-6,15H,7-14H2,1H3,(H2,20,25)(H2,21,22,23). The van der Waals surface area contributed by atoms with Gasteiger partial charge in [0.15, 0.2) is 5.96 Å². The number of likely N-dealkylation sites (tertiary alicyclic amines) is 1. The maximum atomic E-state index is 11.0. The summed E-state index contributed by atoms with van der Waals surface area (Å²) < 4.78 is 0.295. The number of hydrogen-bond acceptors (Lipinski definition) is 4. The van der Waals surface area contributed by atoms with Crippen LogP contribution in [-0.2, 0) is 4.79 Å². The molecule has 0 unspecified atom stereocenters. The number of nitrogens with zero attached hydrogens (tertiary/aromatic N) is 2. The first-order valence-corrected chi connectivity index (χ1v) is 10.1. The summed E-state index contributed by atoms with van der Waals surface area (Å²) in [4.78, 5) is 18.9. The quantitative estimate of drug-likeness (QED) is 0.496. The Kier molecular flexibility index (Phi) is 6.43. The Morgan fingerprint density at radius 2 is 2.00 bits per heavy atom. The number of primary amides is 1. The van der Waals surface area contributed by atoms with Crippen LogP contribution in [0.1, 0.15) is 25.7 Å². The van der Waals surface area contributed by atoms with Crippen molar-refractivity contribution in [3.63, 3.8) is 0 Å². The number of benzene rings is 1. The van der Waals surface area contributed by atoms with Gasteiger partial charge in [-0.05, 0) is 37.8 Å². The number of thioether (sulfide) groups is 1. The van der Waals surface area contributed by atoms with E-state index in [0.29, 0.717) is 17.3 Å². The van der Waals surface area contributed by atoms with E-state index < -0.39 is 0 Å². The van der Waals surface area contributed by atoms with Crippen LogP contribution in [0, 0.1) is 0 Å². The summed E-state index contributed by atoms with van der Waals surface area (Å²) in [6.07, 6.45) is 4.47. The molecule has 2 fully saturated rings. The molecule has 6 nitrogen and oxygen atoms in total. The Hall–Kier alpha value is -1.73. The molecule has 2 aliphatic rings. The highest BCUT2D eigenvalue weighted by Gasteiger charge is 2.43. The number of aliphatic imine (C=N–C) groups is 1. The largest absolute Gasteiger partial charge is 0.369 e. The van der Waals surface area contributed by atoms with E-state index in [1.807, 2.05) is 18.8 Å². The first-order valence-electron chi connectivity index (χ1n) is 9.30. The predicted molar refractivity (Wildman–Crippen MR) is 107 cm³/mol. The topological polar surface area (TPSA) is 82.8 Å². The highest BCUT2D eigenvalue weighted by molar-refractivity contribution is 8.01. The number of nitrogens with one attached hydrogen (secondary N) is 2. The lowest BCUT2D eigenvalue weighted by Gasteiger charge is -2.32. The van der Waals surface area contributed by atoms with Gasteiger partial charge in [-0.2, -0.15) is 0 Å². The molecule has 7 heteroatoms. The van der Waals surface area contributed by atoms with Crippen molar-refractivity contribution in [2.24, 2.45) is 10.7 Å². The average molecular weight is 376 g/mol. The van der Waals surface area contributed by atoms with Gasteiger partial charge in [0.2, 0.25) is 5.91 Å². The van der Waals surface area contributed by atoms with Gasteiger partial charge in [0.1, 0.15) is 0 Å². The molecule has 26 heavy (non-hydrogen) atoms. The average Bonchev–Trinajstić information content (AvgIpc) is 3.40. The summed E-state index contributed by atoms with van der Waals surface area (Å²) in [6, 6.07) is 11.0. The highest BCUT2D eigenvalue weighted by atomic mass is 32.2. The second-order valence-electron chi connectivity index (χ2n) is 7.18. The van der Waals surface area contributed by atoms with Crippen LogP contribution < -0.4 is 16.4 Å². The van der Waals surface area contributed by atoms with Crippen LogP contribution in [0.15, 0.2) is 40.2 Å². The lowest BCUT2D eigenvalue weighted by atomic mass is 10.1. The molecule has 0 atom stereocenters. The molecule has 0 aromatic heterocycles. The fourth-order valence-electron chi connectivity index (χ4n) is 3.28. The normalized spacial score (nSPS) is 20.6. The number of carbonyl (C=O) groups excluding carboxylic acids is 1. The SMILES string of the molecule is CN=C(NCC1(Sc2ccccc2)CC1)NC1CCN(CC(N)=O)CC1. The number of carbonyl (C=O) groups is 1. The maximum absolute atomic E-state index is 11.0. The number of hydrogen-bond donors (Lipinski definition) is 3. The van der Waals surface area contributed by atoms with Crippen LogP contribution in [0.5, 0.6) is 0 Å². The van der Waals surface area contributed by atoms with Crippen LogP contribution in [-0.4, -0.2) is 60.8 Å². The smallest absolute Gasteiger partial charge is 0.231 e. The molecule has 1 aliphatic heterocycles. The van der Waals surface area contributed by atoms with Crippen LogP contribution in [0.2, 0.25) is 0 Å². The van der Waals surface area contributed by atoms with Gasteiger partial charge in [0.05, 0.1) is 6.54 Å². The van der Waals surface area contributed by atoms with E-state index in [4.69, 9.17) is 5.73 Å². The van der Waals surface area contributed by atoms with Crippen molar-refractivity contribution in [1.82, 2.24) is 15.5 Å². The van der Waals surface area contributed by atoms with Gasteiger partial charge in [-0.3, -0.25) is 14.7 Å². The number of piperidine rings is 1. The van der Waals surface area contributed by atoms with E-state index in [1.165, 1.54) is 17.7 Å². The van der Waals surface area contributed by atoms with Crippen molar-refractivity contribution in [2.75, 3.05) is 33.2 Å². The molecular weight excluding hydrogens is 346 g/mol. The van der Waals surface area contributed by atoms with E-state index >= 15 is 0 Å². The molecule has 3 rings (SSSR count). The van der Waals surface area contributed by atoms with Crippen molar-refractivity contribution in [3.8, 4) is 0 Å². The molecule has 1 aromatic carbocycles. The fraction of sp³-hybridized carbons (Fsp3) is 0.579. The third-order valence-corrected chi connectivity index (χ3v) is 6.49. The van der Waals surface area contributed by atoms with Gasteiger partial charge in [-0.15, -0.1) is 11.8 Å². The molecule has 1 saturated carbocycles. The Balaban J connectivity index is 1.42. The Morgan fingerprint density at radius 1 is 1.31 bits per heavy atom. The molecule has 1 amide bonds. The third-order valence-electron chi connectivity index (χ3n) is 4.99. The van der Waals surface area contributed by atoms with E-state index in [-0.39, 0.29) is 5.91 Å². The van der Waals surface area contributed by atoms with E-state index in [9.17, 15) is 4.79 Å². The van der Waals surface area contributed by atoms with Crippen LogP contribution in [0.3, 0.4) is 0 Å². The summed E-state index contributed by atoms with van der Waals surface area (Å²) >= 11 is 1.97. The number of guanidine groups is 1. The molecular formula is C19H29N5OS. The Bertz CT molecular complexity index is 624. The fourth-order valence-corrected chi connectivity index (χ4v) is 4.53. The van der Waals surface area contributed by atoms with E-state index in [1.54, 1.807) is 0 Å². The zero-order chi connectivity index (χ0) is 18.4. The van der Waals surface area contributed by atoms with Crippen LogP contribution in [0.4, 0.5) is 0 Å². The number of amides is 1. The van der Waals surface area contributed by atoms with Gasteiger partial charge >= 0.3 is 0 Å². The van der Waals surface area contributed by atoms with Gasteiger partial charge in [0.25, 0.3) is 0 Å². The summed E-state index contributed by atoms with van der Waals surface area (Å²) in [7, 11) is 1.82. The van der Waals surface area contributed by atoms with E-state index in [0.717, 1.165) is 38.4 Å². The second kappa shape index (κ2) is 8.77. The summed E-state index contributed by atoms with van der Waals surface area (Å²) in [5.74, 6) is 0.623. The van der Waals surface area contributed by atoms with Crippen LogP contribution >= 0.6 is 11.8 Å². The second-order valence-corrected chi connectivity index (χ2v) is 8.73. The van der Waals surface area contributed by atoms with Crippen molar-refractivity contribution < 1.29 is 4.79 Å². The molecule has 1 saturated heterocycles. The Morgan fingerprint density at radius 3 is 2.58 bits per heavy atom. The molecule has 142 valence electrons. The van der Waals surface area contributed by atoms with Crippen molar-refractivity contribution in [1.29, 1.82) is 0 Å². The highest BCUT2D eigenvalue weighted by Crippen LogP contribution is 2.51. The minimum Gasteiger partial charge on any atom is -0.369 e. The zero-order valence-electron chi connectivity index (χ0n) is 15.4. The number of rotatable bonds is 7. The molecule has 1 aromatic rings. The molecule has 0 bridgehead atoms. The molecule has 1 aliphatic carbocycles. The van der Waals surface area contributed by atoms with Gasteiger partial charge in [-0.1, -0.05) is 18.2 Å². The predicted octanol–water partition coefficient (Wildman–Crippen LogP) is 1.43. The number of nitrogens with two attached hydrogens (primary N) is 1.